The number of primary amides is 1. The van der Waals surface area contributed by atoms with Gasteiger partial charge in [0.25, 0.3) is 0 Å². The highest BCUT2D eigenvalue weighted by molar-refractivity contribution is 8.01. The Morgan fingerprint density at radius 1 is 1.50 bits per heavy atom. The summed E-state index contributed by atoms with van der Waals surface area (Å²) in [6.45, 7) is 1.90. The number of aromatic nitrogens is 1. The lowest BCUT2D eigenvalue weighted by molar-refractivity contribution is 0.0997. The van der Waals surface area contributed by atoms with Crippen LogP contribution in [0.15, 0.2) is 26.7 Å². The Morgan fingerprint density at radius 3 is 2.78 bits per heavy atom. The highest BCUT2D eigenvalue weighted by atomic mass is 35.5. The third-order valence-electron chi connectivity index (χ3n) is 2.12. The number of halogens is 1. The van der Waals surface area contributed by atoms with Crippen LogP contribution in [0.4, 0.5) is 5.69 Å². The molecule has 1 aromatic carbocycles. The molecule has 0 saturated heterocycles. The number of rotatable bonds is 3. The zero-order chi connectivity index (χ0) is 13.3. The van der Waals surface area contributed by atoms with Crippen molar-refractivity contribution in [2.45, 2.75) is 16.2 Å². The van der Waals surface area contributed by atoms with Gasteiger partial charge in [-0.3, -0.25) is 4.79 Å². The van der Waals surface area contributed by atoms with Gasteiger partial charge in [0.15, 0.2) is 4.34 Å². The van der Waals surface area contributed by atoms with Gasteiger partial charge in [0.1, 0.15) is 0 Å². The molecule has 0 aliphatic carbocycles. The molecule has 0 spiro atoms. The number of nitrogen functional groups attached to an aromatic ring is 1. The van der Waals surface area contributed by atoms with Gasteiger partial charge in [0.05, 0.1) is 10.6 Å². The minimum absolute atomic E-state index is 0.317. The standard InChI is InChI=1S/C11H10ClN3OS2/c1-5-4-17-11(15-5)18-9-7(10(14)16)2-6(13)3-8(9)12/h2-4H,13H2,1H3,(H2,14,16). The van der Waals surface area contributed by atoms with Crippen LogP contribution in [-0.4, -0.2) is 10.9 Å². The fourth-order valence-corrected chi connectivity index (χ4v) is 3.61. The first kappa shape index (κ1) is 13.2. The summed E-state index contributed by atoms with van der Waals surface area (Å²) in [5.74, 6) is -0.556. The van der Waals surface area contributed by atoms with E-state index >= 15 is 0 Å². The monoisotopic (exact) mass is 299 g/mol. The van der Waals surface area contributed by atoms with E-state index in [1.807, 2.05) is 12.3 Å². The maximum absolute atomic E-state index is 11.4. The summed E-state index contributed by atoms with van der Waals surface area (Å²) >= 11 is 8.91. The number of hydrogen-bond acceptors (Lipinski definition) is 5. The highest BCUT2D eigenvalue weighted by Gasteiger charge is 2.16. The molecule has 7 heteroatoms. The van der Waals surface area contributed by atoms with Crippen LogP contribution in [0.1, 0.15) is 16.1 Å². The smallest absolute Gasteiger partial charge is 0.249 e. The van der Waals surface area contributed by atoms with Crippen molar-refractivity contribution in [3.05, 3.63) is 33.8 Å². The summed E-state index contributed by atoms with van der Waals surface area (Å²) in [4.78, 5) is 16.3. The summed E-state index contributed by atoms with van der Waals surface area (Å²) in [5, 5.41) is 2.33. The highest BCUT2D eigenvalue weighted by Crippen LogP contribution is 2.38. The summed E-state index contributed by atoms with van der Waals surface area (Å²) in [7, 11) is 0. The van der Waals surface area contributed by atoms with E-state index in [-0.39, 0.29) is 0 Å². The fourth-order valence-electron chi connectivity index (χ4n) is 1.37. The van der Waals surface area contributed by atoms with Crippen molar-refractivity contribution < 1.29 is 4.79 Å². The number of nitrogens with zero attached hydrogens (tertiary/aromatic N) is 1. The van der Waals surface area contributed by atoms with E-state index in [0.717, 1.165) is 10.0 Å². The number of anilines is 1. The molecule has 0 radical (unpaired) electrons. The van der Waals surface area contributed by atoms with Crippen molar-refractivity contribution in [3.63, 3.8) is 0 Å². The third kappa shape index (κ3) is 2.77. The summed E-state index contributed by atoms with van der Waals surface area (Å²) in [5.41, 5.74) is 12.6. The van der Waals surface area contributed by atoms with Gasteiger partial charge in [-0.05, 0) is 19.1 Å². The zero-order valence-corrected chi connectivity index (χ0v) is 11.8. The number of carbonyl (C=O) groups excluding carboxylic acids is 1. The second kappa shape index (κ2) is 5.17. The average Bonchev–Trinajstić information content (AvgIpc) is 2.67. The first-order chi connectivity index (χ1) is 8.47. The lowest BCUT2D eigenvalue weighted by atomic mass is 10.2. The average molecular weight is 300 g/mol. The molecule has 2 rings (SSSR count). The molecule has 94 valence electrons. The van der Waals surface area contributed by atoms with E-state index in [1.165, 1.54) is 29.2 Å². The minimum atomic E-state index is -0.556. The molecule has 1 amide bonds. The molecule has 0 atom stereocenters. The van der Waals surface area contributed by atoms with Gasteiger partial charge in [0, 0.05) is 21.7 Å². The van der Waals surface area contributed by atoms with Crippen LogP contribution >= 0.6 is 34.7 Å². The number of nitrogens with two attached hydrogens (primary N) is 2. The molecule has 4 nitrogen and oxygen atoms in total. The SMILES string of the molecule is Cc1csc(Sc2c(Cl)cc(N)cc2C(N)=O)n1. The molecule has 0 aliphatic rings. The Kier molecular flexibility index (Phi) is 3.79. The number of carbonyl (C=O) groups is 1. The molecule has 0 unspecified atom stereocenters. The van der Waals surface area contributed by atoms with Crippen LogP contribution in [0.25, 0.3) is 0 Å². The van der Waals surface area contributed by atoms with Gasteiger partial charge in [-0.25, -0.2) is 4.98 Å². The minimum Gasteiger partial charge on any atom is -0.399 e. The first-order valence-corrected chi connectivity index (χ1v) is 7.03. The van der Waals surface area contributed by atoms with Crippen LogP contribution in [0.2, 0.25) is 5.02 Å². The number of amides is 1. The molecular weight excluding hydrogens is 290 g/mol. The van der Waals surface area contributed by atoms with Crippen molar-refractivity contribution in [1.82, 2.24) is 4.98 Å². The Balaban J connectivity index is 2.46. The molecule has 0 aliphatic heterocycles. The van der Waals surface area contributed by atoms with E-state index in [9.17, 15) is 4.79 Å². The second-order valence-corrected chi connectivity index (χ2v) is 6.12. The van der Waals surface area contributed by atoms with E-state index in [1.54, 1.807) is 6.07 Å². The normalized spacial score (nSPS) is 10.6. The lowest BCUT2D eigenvalue weighted by Crippen LogP contribution is -2.13. The molecule has 0 saturated carbocycles. The third-order valence-corrected chi connectivity index (χ3v) is 4.73. The molecule has 4 N–H and O–H groups in total. The Hall–Kier alpha value is -1.24. The molecule has 1 heterocycles. The van der Waals surface area contributed by atoms with Crippen molar-refractivity contribution in [2.75, 3.05) is 5.73 Å². The van der Waals surface area contributed by atoms with Crippen LogP contribution in [-0.2, 0) is 0 Å². The first-order valence-electron chi connectivity index (χ1n) is 4.96. The van der Waals surface area contributed by atoms with E-state index in [4.69, 9.17) is 23.1 Å². The lowest BCUT2D eigenvalue weighted by Gasteiger charge is -2.08. The largest absolute Gasteiger partial charge is 0.399 e. The summed E-state index contributed by atoms with van der Waals surface area (Å²) < 4.78 is 0.807. The second-order valence-electron chi connectivity index (χ2n) is 3.60. The van der Waals surface area contributed by atoms with Crippen molar-refractivity contribution >= 4 is 46.3 Å². The fraction of sp³-hybridized carbons (Fsp3) is 0.0909. The van der Waals surface area contributed by atoms with Crippen LogP contribution in [0.3, 0.4) is 0 Å². The molecule has 1 aromatic heterocycles. The summed E-state index contributed by atoms with van der Waals surface area (Å²) in [6.07, 6.45) is 0. The molecule has 0 bridgehead atoms. The van der Waals surface area contributed by atoms with Gasteiger partial charge < -0.3 is 11.5 Å². The Labute approximate surface area is 117 Å². The van der Waals surface area contributed by atoms with Gasteiger partial charge in [-0.2, -0.15) is 0 Å². The Morgan fingerprint density at radius 2 is 2.22 bits per heavy atom. The molecule has 2 aromatic rings. The number of thiazole rings is 1. The Bertz CT molecular complexity index is 612. The predicted molar refractivity (Wildman–Crippen MR) is 75.4 cm³/mol. The van der Waals surface area contributed by atoms with Crippen molar-refractivity contribution in [2.24, 2.45) is 5.73 Å². The quantitative estimate of drug-likeness (QED) is 0.854. The molecule has 18 heavy (non-hydrogen) atoms. The number of aryl methyl sites for hydroxylation is 1. The van der Waals surface area contributed by atoms with Crippen molar-refractivity contribution in [3.8, 4) is 0 Å². The zero-order valence-electron chi connectivity index (χ0n) is 9.44. The molecule has 0 fully saturated rings. The van der Waals surface area contributed by atoms with Crippen LogP contribution in [0, 0.1) is 6.92 Å². The molecular formula is C11H10ClN3OS2. The van der Waals surface area contributed by atoms with Crippen LogP contribution < -0.4 is 11.5 Å². The summed E-state index contributed by atoms with van der Waals surface area (Å²) in [6, 6.07) is 3.12. The number of hydrogen-bond donors (Lipinski definition) is 2. The van der Waals surface area contributed by atoms with E-state index < -0.39 is 5.91 Å². The predicted octanol–water partition coefficient (Wildman–Crippen LogP) is 2.94. The van der Waals surface area contributed by atoms with Gasteiger partial charge in [-0.1, -0.05) is 23.4 Å². The van der Waals surface area contributed by atoms with Crippen molar-refractivity contribution in [1.29, 1.82) is 0 Å². The maximum atomic E-state index is 11.4. The topological polar surface area (TPSA) is 82.0 Å². The van der Waals surface area contributed by atoms with Gasteiger partial charge in [-0.15, -0.1) is 11.3 Å². The van der Waals surface area contributed by atoms with Crippen LogP contribution in [0.5, 0.6) is 0 Å². The van der Waals surface area contributed by atoms with Gasteiger partial charge in [0.2, 0.25) is 5.91 Å². The van der Waals surface area contributed by atoms with E-state index in [2.05, 4.69) is 4.98 Å². The number of benzene rings is 1. The van der Waals surface area contributed by atoms with E-state index in [0.29, 0.717) is 21.2 Å². The van der Waals surface area contributed by atoms with Gasteiger partial charge >= 0.3 is 0 Å². The maximum Gasteiger partial charge on any atom is 0.249 e.